The lowest BCUT2D eigenvalue weighted by molar-refractivity contribution is -0.384. The van der Waals surface area contributed by atoms with Gasteiger partial charge in [-0.05, 0) is 25.7 Å². The molecule has 2 rings (SSSR count). The van der Waals surface area contributed by atoms with Gasteiger partial charge in [-0.1, -0.05) is 0 Å². The van der Waals surface area contributed by atoms with Crippen LogP contribution in [0, 0.1) is 10.1 Å². The first kappa shape index (κ1) is 13.5. The second kappa shape index (κ2) is 5.83. The molecule has 7 nitrogen and oxygen atoms in total. The van der Waals surface area contributed by atoms with Crippen LogP contribution in [-0.2, 0) is 0 Å². The lowest BCUT2D eigenvalue weighted by atomic mass is 9.91. The number of aromatic amines is 1. The first-order valence-corrected chi connectivity index (χ1v) is 6.38. The molecule has 0 unspecified atom stereocenters. The van der Waals surface area contributed by atoms with Crippen molar-refractivity contribution in [3.8, 4) is 0 Å². The quantitative estimate of drug-likeness (QED) is 0.599. The first-order valence-electron chi connectivity index (χ1n) is 6.38. The van der Waals surface area contributed by atoms with Crippen molar-refractivity contribution in [2.45, 2.75) is 31.7 Å². The van der Waals surface area contributed by atoms with Gasteiger partial charge in [-0.25, -0.2) is 0 Å². The largest absolute Gasteiger partial charge is 0.396 e. The average Bonchev–Trinajstić information content (AvgIpc) is 2.80. The Morgan fingerprint density at radius 2 is 2.32 bits per heavy atom. The first-order chi connectivity index (χ1) is 9.13. The van der Waals surface area contributed by atoms with Gasteiger partial charge in [-0.15, -0.1) is 0 Å². The molecule has 1 aromatic rings. The molecule has 0 aromatic carbocycles. The summed E-state index contributed by atoms with van der Waals surface area (Å²) in [4.78, 5) is 26.7. The van der Waals surface area contributed by atoms with Crippen LogP contribution in [0.1, 0.15) is 36.2 Å². The number of carbonyl (C=O) groups is 1. The van der Waals surface area contributed by atoms with Gasteiger partial charge in [0.15, 0.2) is 0 Å². The zero-order valence-electron chi connectivity index (χ0n) is 10.5. The number of nitro groups is 1. The molecule has 1 aliphatic carbocycles. The third-order valence-electron chi connectivity index (χ3n) is 3.44. The van der Waals surface area contributed by atoms with E-state index in [1.54, 1.807) is 4.90 Å². The number of carbonyl (C=O) groups excluding carboxylic acids is 1. The highest BCUT2D eigenvalue weighted by Gasteiger charge is 2.30. The molecule has 0 saturated heterocycles. The Labute approximate surface area is 110 Å². The Balaban J connectivity index is 2.10. The van der Waals surface area contributed by atoms with Gasteiger partial charge in [-0.3, -0.25) is 14.9 Å². The van der Waals surface area contributed by atoms with Crippen molar-refractivity contribution in [3.63, 3.8) is 0 Å². The maximum atomic E-state index is 12.3. The van der Waals surface area contributed by atoms with Crippen LogP contribution in [0.3, 0.4) is 0 Å². The third-order valence-corrected chi connectivity index (χ3v) is 3.44. The maximum Gasteiger partial charge on any atom is 0.287 e. The van der Waals surface area contributed by atoms with E-state index in [0.29, 0.717) is 13.0 Å². The molecular weight excluding hydrogens is 250 g/mol. The van der Waals surface area contributed by atoms with Crippen LogP contribution in [0.25, 0.3) is 0 Å². The molecule has 0 atom stereocenters. The predicted molar refractivity (Wildman–Crippen MR) is 67.8 cm³/mol. The average molecular weight is 267 g/mol. The third kappa shape index (κ3) is 2.93. The van der Waals surface area contributed by atoms with Gasteiger partial charge in [0, 0.05) is 25.3 Å². The van der Waals surface area contributed by atoms with Crippen LogP contribution in [0.4, 0.5) is 5.69 Å². The number of nitrogens with zero attached hydrogens (tertiary/aromatic N) is 2. The molecule has 0 aliphatic heterocycles. The number of aliphatic hydroxyl groups excluding tert-OH is 1. The standard InChI is InChI=1S/C12H17N3O4/c16-6-2-5-14(9-3-1-4-9)12(17)11-7-10(8-13-11)15(18)19/h7-9,13,16H,1-6H2. The molecule has 1 fully saturated rings. The fraction of sp³-hybridized carbons (Fsp3) is 0.583. The lowest BCUT2D eigenvalue weighted by Gasteiger charge is -2.37. The minimum atomic E-state index is -0.533. The van der Waals surface area contributed by atoms with Crippen molar-refractivity contribution < 1.29 is 14.8 Å². The monoisotopic (exact) mass is 267 g/mol. The summed E-state index contributed by atoms with van der Waals surface area (Å²) in [5.41, 5.74) is 0.121. The van der Waals surface area contributed by atoms with Crippen molar-refractivity contribution in [2.24, 2.45) is 0 Å². The molecule has 2 N–H and O–H groups in total. The second-order valence-electron chi connectivity index (χ2n) is 4.69. The van der Waals surface area contributed by atoms with E-state index in [1.165, 1.54) is 12.3 Å². The SMILES string of the molecule is O=C(c1cc([N+](=O)[O-])c[nH]1)N(CCCO)C1CCC1. The van der Waals surface area contributed by atoms with E-state index in [1.807, 2.05) is 0 Å². The topological polar surface area (TPSA) is 99.5 Å². The number of aromatic nitrogens is 1. The normalized spacial score (nSPS) is 15.0. The molecule has 0 spiro atoms. The van der Waals surface area contributed by atoms with Gasteiger partial charge in [0.05, 0.1) is 11.1 Å². The van der Waals surface area contributed by atoms with Crippen LogP contribution < -0.4 is 0 Å². The van der Waals surface area contributed by atoms with Crippen molar-refractivity contribution in [1.29, 1.82) is 0 Å². The summed E-state index contributed by atoms with van der Waals surface area (Å²) in [5.74, 6) is -0.230. The molecule has 0 radical (unpaired) electrons. The Morgan fingerprint density at radius 3 is 2.79 bits per heavy atom. The van der Waals surface area contributed by atoms with E-state index in [0.717, 1.165) is 19.3 Å². The van der Waals surface area contributed by atoms with E-state index in [2.05, 4.69) is 4.98 Å². The highest BCUT2D eigenvalue weighted by Crippen LogP contribution is 2.26. The Bertz CT molecular complexity index is 467. The molecule has 1 aromatic heterocycles. The lowest BCUT2D eigenvalue weighted by Crippen LogP contribution is -2.45. The number of aliphatic hydroxyl groups is 1. The second-order valence-corrected chi connectivity index (χ2v) is 4.69. The van der Waals surface area contributed by atoms with Crippen LogP contribution in [0.15, 0.2) is 12.3 Å². The van der Waals surface area contributed by atoms with Gasteiger partial charge in [0.25, 0.3) is 11.6 Å². The number of H-pyrrole nitrogens is 1. The van der Waals surface area contributed by atoms with Crippen LogP contribution in [-0.4, -0.2) is 45.0 Å². The number of amides is 1. The van der Waals surface area contributed by atoms with E-state index < -0.39 is 4.92 Å². The highest BCUT2D eigenvalue weighted by atomic mass is 16.6. The number of rotatable bonds is 6. The van der Waals surface area contributed by atoms with E-state index >= 15 is 0 Å². The van der Waals surface area contributed by atoms with E-state index in [4.69, 9.17) is 5.11 Å². The highest BCUT2D eigenvalue weighted by molar-refractivity contribution is 5.93. The molecule has 7 heteroatoms. The number of hydrogen-bond donors (Lipinski definition) is 2. The zero-order chi connectivity index (χ0) is 13.8. The van der Waals surface area contributed by atoms with E-state index in [-0.39, 0.29) is 29.9 Å². The summed E-state index contributed by atoms with van der Waals surface area (Å²) in [5, 5.41) is 19.5. The molecule has 1 saturated carbocycles. The Morgan fingerprint density at radius 1 is 1.58 bits per heavy atom. The molecule has 0 bridgehead atoms. The Hall–Kier alpha value is -1.89. The summed E-state index contributed by atoms with van der Waals surface area (Å²) >= 11 is 0. The van der Waals surface area contributed by atoms with Crippen molar-refractivity contribution >= 4 is 11.6 Å². The summed E-state index contributed by atoms with van der Waals surface area (Å²) in [6.07, 6.45) is 4.75. The van der Waals surface area contributed by atoms with Crippen molar-refractivity contribution in [2.75, 3.05) is 13.2 Å². The van der Waals surface area contributed by atoms with Gasteiger partial charge < -0.3 is 15.0 Å². The minimum absolute atomic E-state index is 0.0291. The minimum Gasteiger partial charge on any atom is -0.396 e. The Kier molecular flexibility index (Phi) is 4.16. The van der Waals surface area contributed by atoms with Crippen molar-refractivity contribution in [3.05, 3.63) is 28.1 Å². The van der Waals surface area contributed by atoms with Crippen LogP contribution in [0.5, 0.6) is 0 Å². The fourth-order valence-corrected chi connectivity index (χ4v) is 2.16. The molecule has 1 heterocycles. The van der Waals surface area contributed by atoms with Gasteiger partial charge in [-0.2, -0.15) is 0 Å². The van der Waals surface area contributed by atoms with Crippen LogP contribution in [0.2, 0.25) is 0 Å². The number of hydrogen-bond acceptors (Lipinski definition) is 4. The summed E-state index contributed by atoms with van der Waals surface area (Å²) in [6.45, 7) is 0.508. The molecule has 1 aliphatic rings. The van der Waals surface area contributed by atoms with Gasteiger partial charge in [0.2, 0.25) is 0 Å². The zero-order valence-corrected chi connectivity index (χ0v) is 10.5. The van der Waals surface area contributed by atoms with Crippen molar-refractivity contribution in [1.82, 2.24) is 9.88 Å². The molecule has 104 valence electrons. The number of nitrogens with one attached hydrogen (secondary N) is 1. The predicted octanol–water partition coefficient (Wildman–Crippen LogP) is 1.30. The molecular formula is C12H17N3O4. The van der Waals surface area contributed by atoms with Gasteiger partial charge in [0.1, 0.15) is 5.69 Å². The van der Waals surface area contributed by atoms with Crippen LogP contribution >= 0.6 is 0 Å². The smallest absolute Gasteiger partial charge is 0.287 e. The summed E-state index contributed by atoms with van der Waals surface area (Å²) in [7, 11) is 0. The molecule has 19 heavy (non-hydrogen) atoms. The summed E-state index contributed by atoms with van der Waals surface area (Å²) in [6, 6.07) is 1.45. The fourth-order valence-electron chi connectivity index (χ4n) is 2.16. The molecule has 1 amide bonds. The summed E-state index contributed by atoms with van der Waals surface area (Å²) < 4.78 is 0. The maximum absolute atomic E-state index is 12.3. The van der Waals surface area contributed by atoms with Gasteiger partial charge >= 0.3 is 0 Å². The van der Waals surface area contributed by atoms with E-state index in [9.17, 15) is 14.9 Å².